The molecule has 0 bridgehead atoms. The minimum atomic E-state index is -4.59. The fourth-order valence-corrected chi connectivity index (χ4v) is 4.01. The van der Waals surface area contributed by atoms with E-state index in [1.165, 1.54) is 18.2 Å². The Bertz CT molecular complexity index is 1150. The van der Waals surface area contributed by atoms with Gasteiger partial charge >= 0.3 is 6.18 Å². The maximum atomic E-state index is 13.6. The number of hydrogen-bond acceptors (Lipinski definition) is 4. The summed E-state index contributed by atoms with van der Waals surface area (Å²) in [5.74, 6) is -0.647. The smallest absolute Gasteiger partial charge is 0.335 e. The molecular formula is C22H21F4N5O. The van der Waals surface area contributed by atoms with Gasteiger partial charge in [-0.3, -0.25) is 9.69 Å². The largest absolute Gasteiger partial charge is 0.433 e. The Morgan fingerprint density at radius 3 is 2.34 bits per heavy atom. The average Bonchev–Trinajstić information content (AvgIpc) is 3.52. The molecule has 0 unspecified atom stereocenters. The van der Waals surface area contributed by atoms with E-state index in [9.17, 15) is 22.4 Å². The van der Waals surface area contributed by atoms with Gasteiger partial charge in [0.05, 0.1) is 0 Å². The third-order valence-corrected chi connectivity index (χ3v) is 5.93. The summed E-state index contributed by atoms with van der Waals surface area (Å²) in [6.07, 6.45) is -2.95. The molecule has 6 nitrogen and oxygen atoms in total. The molecule has 0 spiro atoms. The lowest BCUT2D eigenvalue weighted by molar-refractivity contribution is -0.142. The molecule has 5 rings (SSSR count). The number of hydrogen-bond donors (Lipinski definition) is 0. The Labute approximate surface area is 181 Å². The van der Waals surface area contributed by atoms with Crippen molar-refractivity contribution in [3.05, 3.63) is 64.9 Å². The van der Waals surface area contributed by atoms with Crippen molar-refractivity contribution in [2.24, 2.45) is 0 Å². The van der Waals surface area contributed by atoms with Gasteiger partial charge in [-0.05, 0) is 36.6 Å². The molecule has 1 aliphatic heterocycles. The molecule has 2 aliphatic rings. The van der Waals surface area contributed by atoms with Crippen LogP contribution in [0.1, 0.15) is 46.2 Å². The molecule has 10 heteroatoms. The first kappa shape index (κ1) is 20.9. The van der Waals surface area contributed by atoms with Crippen LogP contribution in [0.2, 0.25) is 0 Å². The fraction of sp³-hybridized carbons (Fsp3) is 0.409. The van der Waals surface area contributed by atoms with Crippen molar-refractivity contribution in [1.29, 1.82) is 0 Å². The molecule has 1 aromatic carbocycles. The van der Waals surface area contributed by atoms with Crippen molar-refractivity contribution in [3.8, 4) is 0 Å². The van der Waals surface area contributed by atoms with E-state index < -0.39 is 17.8 Å². The zero-order chi connectivity index (χ0) is 22.5. The molecule has 0 atom stereocenters. The number of amides is 1. The normalized spacial score (nSPS) is 17.8. The van der Waals surface area contributed by atoms with Crippen molar-refractivity contribution >= 4 is 11.6 Å². The molecule has 0 radical (unpaired) electrons. The van der Waals surface area contributed by atoms with Crippen LogP contribution in [0.25, 0.3) is 5.65 Å². The van der Waals surface area contributed by atoms with Crippen molar-refractivity contribution in [2.75, 3.05) is 26.2 Å². The highest BCUT2D eigenvalue weighted by Crippen LogP contribution is 2.41. The van der Waals surface area contributed by atoms with Crippen LogP contribution in [0, 0.1) is 5.82 Å². The summed E-state index contributed by atoms with van der Waals surface area (Å²) in [5.41, 5.74) is 0.470. The van der Waals surface area contributed by atoms with E-state index >= 15 is 0 Å². The van der Waals surface area contributed by atoms with E-state index in [2.05, 4.69) is 15.0 Å². The summed E-state index contributed by atoms with van der Waals surface area (Å²) in [6, 6.07) is 8.66. The standard InChI is InChI=1S/C22H21F4N5O/c23-16-5-1-14(2-6-16)13-29-7-9-30(10-8-29)21(32)18-12-20-27-17(15-3-4-15)11-19(22(24,25)26)31(20)28-18/h1-2,5-6,11-12,15H,3-4,7-10,13H2. The van der Waals surface area contributed by atoms with E-state index in [4.69, 9.17) is 0 Å². The molecule has 3 heterocycles. The number of aromatic nitrogens is 3. The van der Waals surface area contributed by atoms with Crippen LogP contribution in [0.5, 0.6) is 0 Å². The summed E-state index contributed by atoms with van der Waals surface area (Å²) < 4.78 is 54.5. The highest BCUT2D eigenvalue weighted by Gasteiger charge is 2.38. The van der Waals surface area contributed by atoms with Gasteiger partial charge in [0, 0.05) is 50.4 Å². The Kier molecular flexibility index (Phi) is 5.11. The molecule has 2 fully saturated rings. The monoisotopic (exact) mass is 447 g/mol. The Hall–Kier alpha value is -3.01. The number of alkyl halides is 3. The van der Waals surface area contributed by atoms with Gasteiger partial charge in [0.15, 0.2) is 11.3 Å². The number of benzene rings is 1. The van der Waals surface area contributed by atoms with E-state index in [0.29, 0.717) is 38.4 Å². The highest BCUT2D eigenvalue weighted by molar-refractivity contribution is 5.93. The Morgan fingerprint density at radius 2 is 1.72 bits per heavy atom. The first-order valence-electron chi connectivity index (χ1n) is 10.5. The summed E-state index contributed by atoms with van der Waals surface area (Å²) >= 11 is 0. The van der Waals surface area contributed by atoms with Gasteiger partial charge in [0.1, 0.15) is 11.5 Å². The van der Waals surface area contributed by atoms with Gasteiger partial charge in [-0.15, -0.1) is 0 Å². The zero-order valence-corrected chi connectivity index (χ0v) is 17.1. The van der Waals surface area contributed by atoms with Crippen molar-refractivity contribution in [1.82, 2.24) is 24.4 Å². The van der Waals surface area contributed by atoms with E-state index in [1.807, 2.05) is 0 Å². The van der Waals surface area contributed by atoms with Crippen LogP contribution in [-0.2, 0) is 12.7 Å². The first-order valence-corrected chi connectivity index (χ1v) is 10.5. The predicted octanol–water partition coefficient (Wildman–Crippen LogP) is 3.72. The maximum Gasteiger partial charge on any atom is 0.433 e. The van der Waals surface area contributed by atoms with Crippen LogP contribution in [0.3, 0.4) is 0 Å². The molecule has 1 saturated heterocycles. The second kappa shape index (κ2) is 7.84. The quantitative estimate of drug-likeness (QED) is 0.572. The van der Waals surface area contributed by atoms with Gasteiger partial charge in [0.2, 0.25) is 0 Å². The summed E-state index contributed by atoms with van der Waals surface area (Å²) in [4.78, 5) is 21.0. The molecule has 3 aromatic rings. The summed E-state index contributed by atoms with van der Waals surface area (Å²) in [7, 11) is 0. The average molecular weight is 447 g/mol. The van der Waals surface area contributed by atoms with Crippen LogP contribution < -0.4 is 0 Å². The number of carbonyl (C=O) groups excluding carboxylic acids is 1. The van der Waals surface area contributed by atoms with E-state index in [-0.39, 0.29) is 23.1 Å². The van der Waals surface area contributed by atoms with Crippen molar-refractivity contribution in [3.63, 3.8) is 0 Å². The molecular weight excluding hydrogens is 426 g/mol. The first-order chi connectivity index (χ1) is 15.3. The highest BCUT2D eigenvalue weighted by atomic mass is 19.4. The van der Waals surface area contributed by atoms with E-state index in [1.54, 1.807) is 17.0 Å². The molecule has 1 amide bonds. The molecule has 32 heavy (non-hydrogen) atoms. The minimum Gasteiger partial charge on any atom is -0.335 e. The fourth-order valence-electron chi connectivity index (χ4n) is 4.01. The SMILES string of the molecule is O=C(c1cc2nc(C3CC3)cc(C(F)(F)F)n2n1)N1CCN(Cc2ccc(F)cc2)CC1. The number of carbonyl (C=O) groups is 1. The van der Waals surface area contributed by atoms with Gasteiger partial charge in [-0.2, -0.15) is 18.3 Å². The van der Waals surface area contributed by atoms with Gasteiger partial charge < -0.3 is 4.90 Å². The molecule has 168 valence electrons. The van der Waals surface area contributed by atoms with Crippen molar-refractivity contribution in [2.45, 2.75) is 31.5 Å². The van der Waals surface area contributed by atoms with E-state index in [0.717, 1.165) is 29.0 Å². The summed E-state index contributed by atoms with van der Waals surface area (Å²) in [6.45, 7) is 2.71. The number of rotatable bonds is 4. The number of halogens is 4. The zero-order valence-electron chi connectivity index (χ0n) is 17.1. The second-order valence-electron chi connectivity index (χ2n) is 8.33. The second-order valence-corrected chi connectivity index (χ2v) is 8.33. The molecule has 2 aromatic heterocycles. The third kappa shape index (κ3) is 4.19. The predicted molar refractivity (Wildman–Crippen MR) is 108 cm³/mol. The number of piperazine rings is 1. The van der Waals surface area contributed by atoms with Gasteiger partial charge in [0.25, 0.3) is 5.91 Å². The number of fused-ring (bicyclic) bond motifs is 1. The maximum absolute atomic E-state index is 13.6. The minimum absolute atomic E-state index is 0.0390. The van der Waals surface area contributed by atoms with Crippen LogP contribution in [0.15, 0.2) is 36.4 Å². The van der Waals surface area contributed by atoms with Crippen molar-refractivity contribution < 1.29 is 22.4 Å². The van der Waals surface area contributed by atoms with Crippen LogP contribution >= 0.6 is 0 Å². The lowest BCUT2D eigenvalue weighted by Gasteiger charge is -2.34. The molecule has 1 aliphatic carbocycles. The Morgan fingerprint density at radius 1 is 1.03 bits per heavy atom. The lowest BCUT2D eigenvalue weighted by atomic mass is 10.2. The van der Waals surface area contributed by atoms with Gasteiger partial charge in [-0.1, -0.05) is 12.1 Å². The Balaban J connectivity index is 1.31. The summed E-state index contributed by atoms with van der Waals surface area (Å²) in [5, 5.41) is 3.96. The molecule has 1 saturated carbocycles. The molecule has 0 N–H and O–H groups in total. The topological polar surface area (TPSA) is 53.7 Å². The number of nitrogens with zero attached hydrogens (tertiary/aromatic N) is 5. The van der Waals surface area contributed by atoms with Gasteiger partial charge in [-0.25, -0.2) is 13.9 Å². The third-order valence-electron chi connectivity index (χ3n) is 5.93. The van der Waals surface area contributed by atoms with Crippen LogP contribution in [-0.4, -0.2) is 56.5 Å². The lowest BCUT2D eigenvalue weighted by Crippen LogP contribution is -2.48. The van der Waals surface area contributed by atoms with Crippen LogP contribution in [0.4, 0.5) is 17.6 Å².